The van der Waals surface area contributed by atoms with Crippen molar-refractivity contribution in [1.82, 2.24) is 0 Å². The van der Waals surface area contributed by atoms with Crippen molar-refractivity contribution in [1.29, 1.82) is 0 Å². The molecule has 1 aromatic rings. The zero-order chi connectivity index (χ0) is 20.3. The predicted octanol–water partition coefficient (Wildman–Crippen LogP) is 5.05. The maximum Gasteiger partial charge on any atom is 0.498 e. The highest BCUT2D eigenvalue weighted by atomic mass is 28.4. The quantitative estimate of drug-likeness (QED) is 0.511. The van der Waals surface area contributed by atoms with E-state index in [1.165, 1.54) is 0 Å². The molecule has 0 radical (unpaired) electrons. The minimum atomic E-state index is -4.91. The minimum absolute atomic E-state index is 0.0718. The first-order chi connectivity index (χ1) is 11.6. The molecule has 0 amide bonds. The van der Waals surface area contributed by atoms with Crippen molar-refractivity contribution in [3.8, 4) is 0 Å². The monoisotopic (exact) mass is 404 g/mol. The van der Waals surface area contributed by atoms with E-state index in [4.69, 9.17) is 8.85 Å². The molecular weight excluding hydrogens is 382 g/mol. The van der Waals surface area contributed by atoms with Crippen molar-refractivity contribution in [3.05, 3.63) is 34.9 Å². The van der Waals surface area contributed by atoms with Crippen LogP contribution in [-0.4, -0.2) is 25.8 Å². The van der Waals surface area contributed by atoms with E-state index in [0.717, 1.165) is 0 Å². The number of alkyl halides is 6. The summed E-state index contributed by atoms with van der Waals surface area (Å²) in [4.78, 5) is 10.5. The molecule has 0 bridgehead atoms. The lowest BCUT2D eigenvalue weighted by molar-refractivity contribution is -0.143. The summed E-state index contributed by atoms with van der Waals surface area (Å²) in [6, 6.07) is 1.17. The third kappa shape index (κ3) is 7.26. The van der Waals surface area contributed by atoms with Crippen molar-refractivity contribution in [3.63, 3.8) is 0 Å². The fraction of sp³-hybridized carbons (Fsp3) is 0.625. The smallest absolute Gasteiger partial charge is 0.390 e. The van der Waals surface area contributed by atoms with E-state index in [1.54, 1.807) is 27.7 Å². The second-order valence-corrected chi connectivity index (χ2v) is 8.86. The Morgan fingerprint density at radius 2 is 1.23 bits per heavy atom. The zero-order valence-corrected chi connectivity index (χ0v) is 15.8. The Kier molecular flexibility index (Phi) is 7.31. The lowest BCUT2D eigenvalue weighted by Gasteiger charge is -2.28. The third-order valence-electron chi connectivity index (χ3n) is 3.22. The summed E-state index contributed by atoms with van der Waals surface area (Å²) in [5.74, 6) is 0. The highest BCUT2D eigenvalue weighted by Gasteiger charge is 2.40. The molecular formula is C16H22F6O3Si. The fourth-order valence-electron chi connectivity index (χ4n) is 2.35. The maximum absolute atomic E-state index is 12.9. The summed E-state index contributed by atoms with van der Waals surface area (Å²) in [5, 5.41) is 0. The Bertz CT molecular complexity index is 556. The van der Waals surface area contributed by atoms with E-state index in [2.05, 4.69) is 0 Å². The molecule has 150 valence electrons. The van der Waals surface area contributed by atoms with Gasteiger partial charge in [-0.3, -0.25) is 0 Å². The number of aryl methyl sites for hydroxylation is 1. The molecule has 0 unspecified atom stereocenters. The summed E-state index contributed by atoms with van der Waals surface area (Å²) >= 11 is 0. The van der Waals surface area contributed by atoms with Gasteiger partial charge in [0.25, 0.3) is 0 Å². The first-order valence-corrected chi connectivity index (χ1v) is 9.96. The van der Waals surface area contributed by atoms with Crippen LogP contribution in [0.2, 0.25) is 6.04 Å². The standard InChI is InChI=1S/C16H22F6O3Si/c1-10(2)24-26(23,25-11(3)4)6-5-12-7-13(15(17,18)19)9-14(8-12)16(20,21)22/h7-11,23H,5-6H2,1-4H3. The maximum atomic E-state index is 12.9. The lowest BCUT2D eigenvalue weighted by Crippen LogP contribution is -2.46. The van der Waals surface area contributed by atoms with Crippen LogP contribution in [-0.2, 0) is 27.6 Å². The SMILES string of the molecule is CC(C)O[Si](O)(CCc1cc(C(F)(F)F)cc(C(F)(F)F)c1)OC(C)C. The largest absolute Gasteiger partial charge is 0.498 e. The Labute approximate surface area is 149 Å². The zero-order valence-electron chi connectivity index (χ0n) is 14.8. The molecule has 1 N–H and O–H groups in total. The van der Waals surface area contributed by atoms with Gasteiger partial charge in [0.05, 0.1) is 11.1 Å². The van der Waals surface area contributed by atoms with Gasteiger partial charge in [0.1, 0.15) is 0 Å². The number of hydrogen-bond donors (Lipinski definition) is 1. The van der Waals surface area contributed by atoms with E-state index in [0.29, 0.717) is 12.1 Å². The molecule has 3 nitrogen and oxygen atoms in total. The Morgan fingerprint density at radius 3 is 1.54 bits per heavy atom. The number of benzene rings is 1. The molecule has 0 aliphatic rings. The van der Waals surface area contributed by atoms with Gasteiger partial charge in [0, 0.05) is 18.3 Å². The molecule has 0 heterocycles. The summed E-state index contributed by atoms with van der Waals surface area (Å²) in [6.45, 7) is 6.59. The first-order valence-electron chi connectivity index (χ1n) is 7.99. The topological polar surface area (TPSA) is 38.7 Å². The van der Waals surface area contributed by atoms with Gasteiger partial charge in [-0.2, -0.15) is 26.3 Å². The van der Waals surface area contributed by atoms with Gasteiger partial charge in [-0.1, -0.05) is 0 Å². The summed E-state index contributed by atoms with van der Waals surface area (Å²) < 4.78 is 88.2. The van der Waals surface area contributed by atoms with Crippen LogP contribution in [0.1, 0.15) is 44.4 Å². The van der Waals surface area contributed by atoms with Crippen LogP contribution in [0.3, 0.4) is 0 Å². The molecule has 0 saturated carbocycles. The molecule has 1 aromatic carbocycles. The highest BCUT2D eigenvalue weighted by molar-refractivity contribution is 6.59. The van der Waals surface area contributed by atoms with Crippen molar-refractivity contribution in [2.45, 2.75) is 64.7 Å². The van der Waals surface area contributed by atoms with Crippen LogP contribution in [0.4, 0.5) is 26.3 Å². The van der Waals surface area contributed by atoms with Crippen LogP contribution in [0.15, 0.2) is 18.2 Å². The molecule has 10 heteroatoms. The van der Waals surface area contributed by atoms with Crippen LogP contribution in [0.25, 0.3) is 0 Å². The van der Waals surface area contributed by atoms with Crippen molar-refractivity contribution in [2.75, 3.05) is 0 Å². The lowest BCUT2D eigenvalue weighted by atomic mass is 10.0. The number of rotatable bonds is 7. The molecule has 0 fully saturated rings. The van der Waals surface area contributed by atoms with Crippen LogP contribution < -0.4 is 0 Å². The van der Waals surface area contributed by atoms with E-state index < -0.39 is 44.5 Å². The van der Waals surface area contributed by atoms with Gasteiger partial charge in [0.15, 0.2) is 0 Å². The molecule has 0 atom stereocenters. The van der Waals surface area contributed by atoms with E-state index in [-0.39, 0.29) is 24.1 Å². The van der Waals surface area contributed by atoms with Gasteiger partial charge in [-0.15, -0.1) is 0 Å². The normalized spacial score (nSPS) is 13.7. The minimum Gasteiger partial charge on any atom is -0.390 e. The van der Waals surface area contributed by atoms with Crippen molar-refractivity contribution in [2.24, 2.45) is 0 Å². The van der Waals surface area contributed by atoms with Gasteiger partial charge >= 0.3 is 21.2 Å². The third-order valence-corrected chi connectivity index (χ3v) is 5.78. The van der Waals surface area contributed by atoms with Gasteiger partial charge < -0.3 is 13.6 Å². The molecule has 0 aliphatic heterocycles. The molecule has 0 aliphatic carbocycles. The van der Waals surface area contributed by atoms with Crippen molar-refractivity contribution >= 4 is 8.80 Å². The molecule has 0 saturated heterocycles. The summed E-state index contributed by atoms with van der Waals surface area (Å²) in [6.07, 6.45) is -10.9. The number of halogens is 6. The second kappa shape index (κ2) is 8.28. The Hall–Kier alpha value is -1.10. The van der Waals surface area contributed by atoms with E-state index >= 15 is 0 Å². The van der Waals surface area contributed by atoms with Crippen LogP contribution >= 0.6 is 0 Å². The highest BCUT2D eigenvalue weighted by Crippen LogP contribution is 2.36. The molecule has 26 heavy (non-hydrogen) atoms. The van der Waals surface area contributed by atoms with Gasteiger partial charge in [-0.25, -0.2) is 0 Å². The Morgan fingerprint density at radius 1 is 0.846 bits per heavy atom. The van der Waals surface area contributed by atoms with Crippen molar-refractivity contribution < 1.29 is 40.0 Å². The fourth-order valence-corrected chi connectivity index (χ4v) is 4.72. The first kappa shape index (κ1) is 22.9. The predicted molar refractivity (Wildman–Crippen MR) is 85.4 cm³/mol. The van der Waals surface area contributed by atoms with E-state index in [9.17, 15) is 31.1 Å². The number of hydrogen-bond acceptors (Lipinski definition) is 3. The average Bonchev–Trinajstić information content (AvgIpc) is 2.41. The Balaban J connectivity index is 3.14. The molecule has 0 aromatic heterocycles. The van der Waals surface area contributed by atoms with Crippen LogP contribution in [0, 0.1) is 0 Å². The molecule has 0 spiro atoms. The summed E-state index contributed by atoms with van der Waals surface area (Å²) in [7, 11) is -3.75. The second-order valence-electron chi connectivity index (χ2n) is 6.46. The van der Waals surface area contributed by atoms with Gasteiger partial charge in [0.2, 0.25) is 0 Å². The molecule has 1 rings (SSSR count). The summed E-state index contributed by atoms with van der Waals surface area (Å²) in [5.41, 5.74) is -2.97. The van der Waals surface area contributed by atoms with E-state index in [1.807, 2.05) is 0 Å². The van der Waals surface area contributed by atoms with Crippen LogP contribution in [0.5, 0.6) is 0 Å². The average molecular weight is 404 g/mol. The van der Waals surface area contributed by atoms with Gasteiger partial charge in [-0.05, 0) is 57.9 Å².